The molecular formula is C19H29N3O7S. The van der Waals surface area contributed by atoms with Crippen LogP contribution in [0.2, 0.25) is 0 Å². The second-order valence-corrected chi connectivity index (χ2v) is 9.21. The minimum atomic E-state index is -4.08. The van der Waals surface area contributed by atoms with Gasteiger partial charge in [-0.25, -0.2) is 13.2 Å². The van der Waals surface area contributed by atoms with E-state index in [1.54, 1.807) is 32.9 Å². The molecule has 1 rings (SSSR count). The van der Waals surface area contributed by atoms with Crippen molar-refractivity contribution in [3.8, 4) is 0 Å². The quantitative estimate of drug-likeness (QED) is 0.421. The molecule has 0 fully saturated rings. The molecule has 1 aromatic rings. The number of alkyl carbamates (subject to hydrolysis) is 1. The van der Waals surface area contributed by atoms with Crippen molar-refractivity contribution in [2.45, 2.75) is 57.1 Å². The van der Waals surface area contributed by atoms with Crippen molar-refractivity contribution in [1.29, 1.82) is 0 Å². The molecule has 0 aliphatic heterocycles. The van der Waals surface area contributed by atoms with E-state index in [9.17, 15) is 27.9 Å². The van der Waals surface area contributed by atoms with Crippen LogP contribution in [0.25, 0.3) is 0 Å². The number of benzene rings is 1. The normalized spacial score (nSPS) is 12.7. The highest BCUT2D eigenvalue weighted by atomic mass is 32.2. The van der Waals surface area contributed by atoms with Crippen LogP contribution in [0.1, 0.15) is 39.7 Å². The molecule has 0 bridgehead atoms. The van der Waals surface area contributed by atoms with Crippen LogP contribution < -0.4 is 15.4 Å². The maximum atomic E-state index is 12.4. The van der Waals surface area contributed by atoms with Gasteiger partial charge in [-0.2, -0.15) is 4.72 Å². The lowest BCUT2D eigenvalue weighted by molar-refractivity contribution is -0.138. The number of carboxylic acids is 1. The molecule has 0 saturated carbocycles. The molecule has 1 atom stereocenters. The van der Waals surface area contributed by atoms with E-state index in [1.165, 1.54) is 12.1 Å². The van der Waals surface area contributed by atoms with Gasteiger partial charge in [0.15, 0.2) is 0 Å². The summed E-state index contributed by atoms with van der Waals surface area (Å²) in [5.74, 6) is -1.99. The molecule has 0 saturated heterocycles. The fourth-order valence-corrected chi connectivity index (χ4v) is 3.42. The van der Waals surface area contributed by atoms with E-state index in [0.717, 1.165) is 12.0 Å². The topological polar surface area (TPSA) is 151 Å². The Morgan fingerprint density at radius 3 is 2.20 bits per heavy atom. The number of nitrogens with one attached hydrogen (secondary N) is 3. The Morgan fingerprint density at radius 2 is 1.70 bits per heavy atom. The molecule has 1 aromatic carbocycles. The van der Waals surface area contributed by atoms with Crippen LogP contribution in [0.3, 0.4) is 0 Å². The number of carbonyl (C=O) groups is 3. The lowest BCUT2D eigenvalue weighted by Crippen LogP contribution is -2.48. The zero-order valence-corrected chi connectivity index (χ0v) is 18.3. The van der Waals surface area contributed by atoms with E-state index in [1.807, 2.05) is 6.92 Å². The van der Waals surface area contributed by atoms with Crippen LogP contribution in [0.15, 0.2) is 29.2 Å². The zero-order chi connectivity index (χ0) is 22.9. The first-order chi connectivity index (χ1) is 13.8. The molecule has 168 valence electrons. The van der Waals surface area contributed by atoms with Gasteiger partial charge < -0.3 is 20.5 Å². The smallest absolute Gasteiger partial charge is 0.407 e. The number of rotatable bonds is 10. The Hall–Kier alpha value is -2.66. The summed E-state index contributed by atoms with van der Waals surface area (Å²) in [6, 6.07) is 4.51. The largest absolute Gasteiger partial charge is 0.480 e. The second kappa shape index (κ2) is 10.9. The molecule has 0 radical (unpaired) electrons. The van der Waals surface area contributed by atoms with Gasteiger partial charge >= 0.3 is 12.1 Å². The van der Waals surface area contributed by atoms with Crippen LogP contribution in [0, 0.1) is 0 Å². The standard InChI is InChI=1S/C19H29N3O7S/c1-5-13-6-8-14(9-7-13)30(27,28)22-15(17(24)25)12-21-16(23)10-11-20-18(26)29-19(2,3)4/h6-9,15,22H,5,10-12H2,1-4H3,(H,20,26)(H,21,23)(H,24,25)/t15-/m0/s1. The van der Waals surface area contributed by atoms with Crippen molar-refractivity contribution in [2.24, 2.45) is 0 Å². The molecule has 30 heavy (non-hydrogen) atoms. The van der Waals surface area contributed by atoms with E-state index >= 15 is 0 Å². The second-order valence-electron chi connectivity index (χ2n) is 7.49. The predicted octanol–water partition coefficient (Wildman–Crippen LogP) is 1.01. The van der Waals surface area contributed by atoms with Gasteiger partial charge in [-0.15, -0.1) is 0 Å². The number of hydrogen-bond donors (Lipinski definition) is 4. The van der Waals surface area contributed by atoms with Crippen molar-refractivity contribution in [1.82, 2.24) is 15.4 Å². The van der Waals surface area contributed by atoms with E-state index < -0.39 is 46.2 Å². The Kier molecular flexibility index (Phi) is 9.24. The summed E-state index contributed by atoms with van der Waals surface area (Å²) in [6.07, 6.45) is -0.0718. The minimum Gasteiger partial charge on any atom is -0.480 e. The van der Waals surface area contributed by atoms with Crippen molar-refractivity contribution < 1.29 is 32.6 Å². The number of carboxylic acid groups (broad SMARTS) is 1. The molecule has 2 amide bonds. The first-order valence-electron chi connectivity index (χ1n) is 9.41. The highest BCUT2D eigenvalue weighted by molar-refractivity contribution is 7.89. The predicted molar refractivity (Wildman–Crippen MR) is 109 cm³/mol. The Bertz CT molecular complexity index is 846. The fraction of sp³-hybridized carbons (Fsp3) is 0.526. The van der Waals surface area contributed by atoms with Crippen molar-refractivity contribution in [3.63, 3.8) is 0 Å². The molecule has 0 aromatic heterocycles. The fourth-order valence-electron chi connectivity index (χ4n) is 2.24. The Labute approximate surface area is 176 Å². The summed E-state index contributed by atoms with van der Waals surface area (Å²) in [5.41, 5.74) is 0.269. The minimum absolute atomic E-state index is 0.0199. The van der Waals surface area contributed by atoms with Gasteiger partial charge in [0.2, 0.25) is 15.9 Å². The number of aryl methyl sites for hydroxylation is 1. The van der Waals surface area contributed by atoms with Crippen molar-refractivity contribution in [2.75, 3.05) is 13.1 Å². The van der Waals surface area contributed by atoms with Crippen molar-refractivity contribution >= 4 is 28.0 Å². The third kappa shape index (κ3) is 9.23. The molecule has 0 aliphatic carbocycles. The number of aliphatic carboxylic acids is 1. The Morgan fingerprint density at radius 1 is 1.10 bits per heavy atom. The summed E-state index contributed by atoms with van der Waals surface area (Å²) in [4.78, 5) is 34.7. The van der Waals surface area contributed by atoms with Crippen molar-refractivity contribution in [3.05, 3.63) is 29.8 Å². The summed E-state index contributed by atoms with van der Waals surface area (Å²) in [5, 5.41) is 14.0. The first kappa shape index (κ1) is 25.4. The first-order valence-corrected chi connectivity index (χ1v) is 10.9. The van der Waals surface area contributed by atoms with Crippen LogP contribution in [-0.4, -0.2) is 56.2 Å². The highest BCUT2D eigenvalue weighted by Gasteiger charge is 2.26. The van der Waals surface area contributed by atoms with E-state index in [-0.39, 0.29) is 17.9 Å². The van der Waals surface area contributed by atoms with E-state index in [2.05, 4.69) is 15.4 Å². The number of amides is 2. The molecule has 10 nitrogen and oxygen atoms in total. The number of hydrogen-bond acceptors (Lipinski definition) is 6. The third-order valence-electron chi connectivity index (χ3n) is 3.76. The Balaban J connectivity index is 2.56. The average molecular weight is 444 g/mol. The average Bonchev–Trinajstić information content (AvgIpc) is 2.63. The molecule has 0 unspecified atom stereocenters. The summed E-state index contributed by atoms with van der Waals surface area (Å²) in [6.45, 7) is 6.55. The monoisotopic (exact) mass is 443 g/mol. The van der Waals surface area contributed by atoms with Gasteiger partial charge in [-0.05, 0) is 44.9 Å². The van der Waals surface area contributed by atoms with Crippen LogP contribution in [0.5, 0.6) is 0 Å². The van der Waals surface area contributed by atoms with Gasteiger partial charge in [0.1, 0.15) is 11.6 Å². The molecule has 0 heterocycles. The molecular weight excluding hydrogens is 414 g/mol. The molecule has 4 N–H and O–H groups in total. The maximum absolute atomic E-state index is 12.4. The summed E-state index contributed by atoms with van der Waals surface area (Å²) in [7, 11) is -4.08. The third-order valence-corrected chi connectivity index (χ3v) is 5.25. The number of carbonyl (C=O) groups excluding carboxylic acids is 2. The van der Waals surface area contributed by atoms with Gasteiger partial charge in [-0.1, -0.05) is 19.1 Å². The van der Waals surface area contributed by atoms with Crippen LogP contribution in [-0.2, 0) is 30.8 Å². The summed E-state index contributed by atoms with van der Waals surface area (Å²) < 4.78 is 31.9. The van der Waals surface area contributed by atoms with Crippen LogP contribution in [0.4, 0.5) is 4.79 Å². The van der Waals surface area contributed by atoms with E-state index in [4.69, 9.17) is 4.74 Å². The molecule has 0 aliphatic rings. The van der Waals surface area contributed by atoms with Gasteiger partial charge in [0.05, 0.1) is 4.90 Å². The lowest BCUT2D eigenvalue weighted by Gasteiger charge is -2.19. The molecule has 11 heteroatoms. The van der Waals surface area contributed by atoms with Gasteiger partial charge in [-0.3, -0.25) is 9.59 Å². The lowest BCUT2D eigenvalue weighted by atomic mass is 10.2. The highest BCUT2D eigenvalue weighted by Crippen LogP contribution is 2.11. The van der Waals surface area contributed by atoms with Gasteiger partial charge in [0.25, 0.3) is 0 Å². The van der Waals surface area contributed by atoms with Gasteiger partial charge in [0, 0.05) is 19.5 Å². The summed E-state index contributed by atoms with van der Waals surface area (Å²) >= 11 is 0. The number of ether oxygens (including phenoxy) is 1. The van der Waals surface area contributed by atoms with E-state index in [0.29, 0.717) is 0 Å². The maximum Gasteiger partial charge on any atom is 0.407 e. The SMILES string of the molecule is CCc1ccc(S(=O)(=O)N[C@@H](CNC(=O)CCNC(=O)OC(C)(C)C)C(=O)O)cc1. The molecule has 0 spiro atoms. The zero-order valence-electron chi connectivity index (χ0n) is 17.5. The number of sulfonamides is 1. The van der Waals surface area contributed by atoms with Crippen LogP contribution >= 0.6 is 0 Å².